The van der Waals surface area contributed by atoms with Crippen LogP contribution < -0.4 is 4.74 Å². The van der Waals surface area contributed by atoms with E-state index >= 15 is 0 Å². The zero-order valence-corrected chi connectivity index (χ0v) is 30.1. The minimum atomic E-state index is -2.14. The van der Waals surface area contributed by atoms with Crippen LogP contribution in [0.15, 0.2) is 18.2 Å². The van der Waals surface area contributed by atoms with Gasteiger partial charge in [0.05, 0.1) is 25.4 Å². The summed E-state index contributed by atoms with van der Waals surface area (Å²) in [6.45, 7) is 33.1. The van der Waals surface area contributed by atoms with Crippen LogP contribution in [0.2, 0.25) is 36.3 Å². The van der Waals surface area contributed by atoms with Crippen molar-refractivity contribution in [3.8, 4) is 5.75 Å². The molecule has 0 bridgehead atoms. The quantitative estimate of drug-likeness (QED) is 0.274. The highest BCUT2D eigenvalue weighted by atomic mass is 28.4. The van der Waals surface area contributed by atoms with Crippen LogP contribution in [-0.4, -0.2) is 58.0 Å². The van der Waals surface area contributed by atoms with Crippen LogP contribution >= 0.6 is 0 Å². The molecular formula is C32H59NO5Si2. The summed E-state index contributed by atoms with van der Waals surface area (Å²) >= 11 is 0. The Labute approximate surface area is 247 Å². The van der Waals surface area contributed by atoms with Gasteiger partial charge in [-0.3, -0.25) is 4.90 Å². The Kier molecular flexibility index (Phi) is 10.5. The number of likely N-dealkylation sites (tertiary alicyclic amines) is 1. The van der Waals surface area contributed by atoms with Crippen molar-refractivity contribution in [3.63, 3.8) is 0 Å². The highest BCUT2D eigenvalue weighted by Gasteiger charge is 2.59. The number of carboxylic acid groups (broad SMARTS) is 1. The summed E-state index contributed by atoms with van der Waals surface area (Å²) in [6.07, 6.45) is 0.781. The molecule has 0 saturated carbocycles. The molecule has 1 aliphatic rings. The van der Waals surface area contributed by atoms with E-state index in [9.17, 15) is 9.90 Å². The van der Waals surface area contributed by atoms with Gasteiger partial charge in [0.15, 0.2) is 16.6 Å². The molecular weight excluding hydrogens is 535 g/mol. The topological polar surface area (TPSA) is 68.2 Å². The van der Waals surface area contributed by atoms with Gasteiger partial charge in [-0.25, -0.2) is 4.79 Å². The molecule has 40 heavy (non-hydrogen) atoms. The maximum atomic E-state index is 12.8. The first-order chi connectivity index (χ1) is 18.0. The first kappa shape index (κ1) is 34.8. The summed E-state index contributed by atoms with van der Waals surface area (Å²) in [5.74, 6) is 0.792. The maximum absolute atomic E-state index is 12.8. The third kappa shape index (κ3) is 7.34. The van der Waals surface area contributed by atoms with E-state index in [0.717, 1.165) is 29.7 Å². The van der Waals surface area contributed by atoms with Crippen molar-refractivity contribution in [2.75, 3.05) is 19.8 Å². The lowest BCUT2D eigenvalue weighted by atomic mass is 9.65. The number of amides is 1. The highest BCUT2D eigenvalue weighted by Crippen LogP contribution is 2.54. The Morgan fingerprint density at radius 1 is 0.950 bits per heavy atom. The Bertz CT molecular complexity index is 1020. The van der Waals surface area contributed by atoms with Crippen molar-refractivity contribution >= 4 is 22.7 Å². The van der Waals surface area contributed by atoms with E-state index in [-0.39, 0.29) is 21.4 Å². The largest absolute Gasteiger partial charge is 0.494 e. The van der Waals surface area contributed by atoms with Crippen LogP contribution in [0.4, 0.5) is 4.79 Å². The molecule has 0 unspecified atom stereocenters. The number of hydrogen-bond donors (Lipinski definition) is 1. The van der Waals surface area contributed by atoms with E-state index in [1.165, 1.54) is 0 Å². The van der Waals surface area contributed by atoms with Crippen LogP contribution in [0.3, 0.4) is 0 Å². The van der Waals surface area contributed by atoms with Gasteiger partial charge in [0.1, 0.15) is 5.75 Å². The molecule has 6 nitrogen and oxygen atoms in total. The normalized spacial score (nSPS) is 21.1. The fourth-order valence-electron chi connectivity index (χ4n) is 5.18. The molecule has 1 aromatic rings. The summed E-state index contributed by atoms with van der Waals surface area (Å²) in [7, 11) is -4.10. The Morgan fingerprint density at radius 2 is 1.50 bits per heavy atom. The van der Waals surface area contributed by atoms with E-state index in [0.29, 0.717) is 26.4 Å². The van der Waals surface area contributed by atoms with E-state index in [2.05, 4.69) is 114 Å². The number of hydrogen-bond acceptors (Lipinski definition) is 4. The Balaban J connectivity index is 2.66. The first-order valence-corrected chi connectivity index (χ1v) is 20.9. The zero-order valence-electron chi connectivity index (χ0n) is 28.1. The average molecular weight is 594 g/mol. The van der Waals surface area contributed by atoms with Crippen molar-refractivity contribution in [2.45, 2.75) is 136 Å². The lowest BCUT2D eigenvalue weighted by molar-refractivity contribution is -0.0178. The number of nitrogens with zero attached hydrogens (tertiary/aromatic N) is 1. The van der Waals surface area contributed by atoms with Gasteiger partial charge in [0, 0.05) is 12.5 Å². The smallest absolute Gasteiger partial charge is 0.407 e. The van der Waals surface area contributed by atoms with Gasteiger partial charge in [-0.15, -0.1) is 0 Å². The van der Waals surface area contributed by atoms with Crippen molar-refractivity contribution in [1.29, 1.82) is 0 Å². The number of carbonyl (C=O) groups is 1. The predicted molar refractivity (Wildman–Crippen MR) is 172 cm³/mol. The first-order valence-electron chi connectivity index (χ1n) is 15.1. The van der Waals surface area contributed by atoms with Crippen molar-refractivity contribution < 1.29 is 23.5 Å². The van der Waals surface area contributed by atoms with E-state index < -0.39 is 28.3 Å². The summed E-state index contributed by atoms with van der Waals surface area (Å²) < 4.78 is 19.7. The minimum absolute atomic E-state index is 0.0242. The molecule has 0 aromatic heterocycles. The standard InChI is InChI=1S/C32H59NO5Si2/c1-15-18-36-26-20-24(22-37-39(11,12)30(5,6)7)19-25(21-26)27-16-17-33(28(34)35)32(27,29(2,3)4)23-38-40(13,14)31(8,9)10/h19-21,27H,15-18,22-23H2,1-14H3,(H,34,35)/t27-,32+/m1/s1. The van der Waals surface area contributed by atoms with Crippen LogP contribution in [-0.2, 0) is 15.5 Å². The predicted octanol–water partition coefficient (Wildman–Crippen LogP) is 9.27. The van der Waals surface area contributed by atoms with Crippen LogP contribution in [0.25, 0.3) is 0 Å². The molecule has 8 heteroatoms. The molecule has 1 saturated heterocycles. The van der Waals surface area contributed by atoms with Gasteiger partial charge in [0.25, 0.3) is 0 Å². The Hall–Kier alpha value is -1.36. The third-order valence-electron chi connectivity index (χ3n) is 9.96. The molecule has 2 rings (SSSR count). The second-order valence-corrected chi connectivity index (χ2v) is 25.4. The van der Waals surface area contributed by atoms with Gasteiger partial charge >= 0.3 is 6.09 Å². The SMILES string of the molecule is CCCOc1cc(CO[Si](C)(C)C(C)(C)C)cc([C@H]2CCN(C(=O)O)[C@]2(CO[Si](C)(C)C(C)(C)C)C(C)(C)C)c1. The number of rotatable bonds is 10. The van der Waals surface area contributed by atoms with E-state index in [1.54, 1.807) is 4.90 Å². The molecule has 0 radical (unpaired) electrons. The van der Waals surface area contributed by atoms with Gasteiger partial charge in [-0.2, -0.15) is 0 Å². The van der Waals surface area contributed by atoms with Gasteiger partial charge in [-0.1, -0.05) is 75.3 Å². The molecule has 1 aromatic carbocycles. The molecule has 1 fully saturated rings. The van der Waals surface area contributed by atoms with Gasteiger partial charge < -0.3 is 18.7 Å². The Morgan fingerprint density at radius 3 is 1.98 bits per heavy atom. The van der Waals surface area contributed by atoms with Gasteiger partial charge in [0.2, 0.25) is 0 Å². The molecule has 1 N–H and O–H groups in total. The van der Waals surface area contributed by atoms with Crippen LogP contribution in [0.1, 0.15) is 99.1 Å². The molecule has 0 aliphatic carbocycles. The zero-order chi connectivity index (χ0) is 30.9. The second kappa shape index (κ2) is 12.1. The minimum Gasteiger partial charge on any atom is -0.494 e. The van der Waals surface area contributed by atoms with Crippen LogP contribution in [0, 0.1) is 5.41 Å². The lowest BCUT2D eigenvalue weighted by Gasteiger charge is -2.52. The van der Waals surface area contributed by atoms with Crippen molar-refractivity contribution in [1.82, 2.24) is 4.90 Å². The average Bonchev–Trinajstić information content (AvgIpc) is 3.20. The van der Waals surface area contributed by atoms with Crippen LogP contribution in [0.5, 0.6) is 5.75 Å². The molecule has 2 atom stereocenters. The van der Waals surface area contributed by atoms with E-state index in [1.807, 2.05) is 0 Å². The van der Waals surface area contributed by atoms with E-state index in [4.69, 9.17) is 13.6 Å². The molecule has 1 amide bonds. The monoisotopic (exact) mass is 593 g/mol. The second-order valence-electron chi connectivity index (χ2n) is 15.8. The summed E-state index contributed by atoms with van der Waals surface area (Å²) in [6, 6.07) is 6.46. The third-order valence-corrected chi connectivity index (χ3v) is 18.9. The highest BCUT2D eigenvalue weighted by molar-refractivity contribution is 6.74. The molecule has 0 spiro atoms. The summed E-state index contributed by atoms with van der Waals surface area (Å²) in [4.78, 5) is 14.5. The maximum Gasteiger partial charge on any atom is 0.407 e. The molecule has 1 heterocycles. The fourth-order valence-corrected chi connectivity index (χ4v) is 7.15. The molecule has 230 valence electrons. The summed E-state index contributed by atoms with van der Waals surface area (Å²) in [5, 5.41) is 10.6. The summed E-state index contributed by atoms with van der Waals surface area (Å²) in [5.41, 5.74) is 1.10. The van der Waals surface area contributed by atoms with Crippen molar-refractivity contribution in [2.24, 2.45) is 5.41 Å². The number of benzene rings is 1. The molecule has 1 aliphatic heterocycles. The van der Waals surface area contributed by atoms with Gasteiger partial charge in [-0.05, 0) is 77.8 Å². The van der Waals surface area contributed by atoms with Crippen molar-refractivity contribution in [3.05, 3.63) is 29.3 Å². The number of ether oxygens (including phenoxy) is 1. The lowest BCUT2D eigenvalue weighted by Crippen LogP contribution is -2.62. The fraction of sp³-hybridized carbons (Fsp3) is 0.781.